The second-order valence-electron chi connectivity index (χ2n) is 3.91. The molecule has 4 heteroatoms. The summed E-state index contributed by atoms with van der Waals surface area (Å²) in [5.74, 6) is -0.860. The molecule has 1 aromatic rings. The number of aromatic carboxylic acids is 1. The molecule has 0 bridgehead atoms. The molecule has 1 unspecified atom stereocenters. The van der Waals surface area contributed by atoms with E-state index in [0.29, 0.717) is 11.5 Å². The third kappa shape index (κ3) is 3.61. The average Bonchev–Trinajstić information content (AvgIpc) is 2.58. The van der Waals surface area contributed by atoms with Crippen molar-refractivity contribution < 1.29 is 14.6 Å². The van der Waals surface area contributed by atoms with E-state index in [1.165, 1.54) is 11.3 Å². The van der Waals surface area contributed by atoms with Gasteiger partial charge < -0.3 is 9.84 Å². The Morgan fingerprint density at radius 3 is 2.81 bits per heavy atom. The molecule has 0 aromatic carbocycles. The van der Waals surface area contributed by atoms with Crippen LogP contribution in [0.4, 0.5) is 0 Å². The van der Waals surface area contributed by atoms with Crippen molar-refractivity contribution in [1.82, 2.24) is 0 Å². The van der Waals surface area contributed by atoms with E-state index in [2.05, 4.69) is 6.92 Å². The molecule has 3 nitrogen and oxygen atoms in total. The minimum atomic E-state index is -0.860. The fourth-order valence-corrected chi connectivity index (χ4v) is 2.36. The highest BCUT2D eigenvalue weighted by Gasteiger charge is 2.11. The van der Waals surface area contributed by atoms with E-state index in [9.17, 15) is 4.79 Å². The minimum Gasteiger partial charge on any atom is -0.477 e. The number of carbonyl (C=O) groups is 1. The highest BCUT2D eigenvalue weighted by Crippen LogP contribution is 2.22. The van der Waals surface area contributed by atoms with Crippen molar-refractivity contribution in [1.29, 1.82) is 0 Å². The monoisotopic (exact) mass is 242 g/mol. The number of ether oxygens (including phenoxy) is 1. The zero-order valence-electron chi connectivity index (χ0n) is 9.95. The van der Waals surface area contributed by atoms with E-state index in [-0.39, 0.29) is 6.10 Å². The minimum absolute atomic E-state index is 0.234. The maximum absolute atomic E-state index is 10.8. The van der Waals surface area contributed by atoms with Crippen molar-refractivity contribution in [2.24, 2.45) is 0 Å². The van der Waals surface area contributed by atoms with Gasteiger partial charge in [-0.05, 0) is 31.9 Å². The molecule has 1 heterocycles. The van der Waals surface area contributed by atoms with Gasteiger partial charge in [0.05, 0.1) is 12.7 Å². The first-order valence-corrected chi connectivity index (χ1v) is 6.30. The summed E-state index contributed by atoms with van der Waals surface area (Å²) in [5.41, 5.74) is 0.991. The SMILES string of the molecule is CCCC(C)OCc1cc(C(=O)O)sc1C. The van der Waals surface area contributed by atoms with Gasteiger partial charge in [-0.2, -0.15) is 0 Å². The fraction of sp³-hybridized carbons (Fsp3) is 0.583. The summed E-state index contributed by atoms with van der Waals surface area (Å²) in [4.78, 5) is 12.2. The van der Waals surface area contributed by atoms with Crippen LogP contribution in [0.3, 0.4) is 0 Å². The van der Waals surface area contributed by atoms with Crippen molar-refractivity contribution in [2.45, 2.75) is 46.3 Å². The zero-order chi connectivity index (χ0) is 12.1. The van der Waals surface area contributed by atoms with Crippen LogP contribution in [0.15, 0.2) is 6.07 Å². The molecule has 0 radical (unpaired) electrons. The Morgan fingerprint density at radius 2 is 2.31 bits per heavy atom. The topological polar surface area (TPSA) is 46.5 Å². The van der Waals surface area contributed by atoms with Crippen LogP contribution < -0.4 is 0 Å². The maximum Gasteiger partial charge on any atom is 0.345 e. The number of hydrogen-bond donors (Lipinski definition) is 1. The molecule has 0 aliphatic carbocycles. The second kappa shape index (κ2) is 6.01. The van der Waals surface area contributed by atoms with Gasteiger partial charge in [0.2, 0.25) is 0 Å². The van der Waals surface area contributed by atoms with Gasteiger partial charge in [0.1, 0.15) is 4.88 Å². The van der Waals surface area contributed by atoms with Crippen LogP contribution in [0.5, 0.6) is 0 Å². The van der Waals surface area contributed by atoms with Crippen LogP contribution in [-0.4, -0.2) is 17.2 Å². The number of carboxylic acids is 1. The van der Waals surface area contributed by atoms with Crippen molar-refractivity contribution in [3.63, 3.8) is 0 Å². The van der Waals surface area contributed by atoms with Crippen LogP contribution in [0.1, 0.15) is 46.8 Å². The third-order valence-electron chi connectivity index (χ3n) is 2.45. The van der Waals surface area contributed by atoms with Crippen molar-refractivity contribution in [3.05, 3.63) is 21.4 Å². The lowest BCUT2D eigenvalue weighted by molar-refractivity contribution is 0.0471. The van der Waals surface area contributed by atoms with Crippen LogP contribution in [0.2, 0.25) is 0 Å². The van der Waals surface area contributed by atoms with Crippen LogP contribution in [0, 0.1) is 6.92 Å². The predicted octanol–water partition coefficient (Wildman–Crippen LogP) is 3.46. The Bertz CT molecular complexity index is 357. The molecule has 0 saturated heterocycles. The van der Waals surface area contributed by atoms with Gasteiger partial charge in [0, 0.05) is 4.88 Å². The predicted molar refractivity (Wildman–Crippen MR) is 65.2 cm³/mol. The van der Waals surface area contributed by atoms with Crippen LogP contribution >= 0.6 is 11.3 Å². The third-order valence-corrected chi connectivity index (χ3v) is 3.53. The summed E-state index contributed by atoms with van der Waals surface area (Å²) in [6, 6.07) is 1.71. The van der Waals surface area contributed by atoms with E-state index < -0.39 is 5.97 Å². The number of carboxylic acid groups (broad SMARTS) is 1. The van der Waals surface area contributed by atoms with Crippen molar-refractivity contribution in [2.75, 3.05) is 0 Å². The highest BCUT2D eigenvalue weighted by molar-refractivity contribution is 7.14. The smallest absolute Gasteiger partial charge is 0.345 e. The van der Waals surface area contributed by atoms with Crippen molar-refractivity contribution in [3.8, 4) is 0 Å². The second-order valence-corrected chi connectivity index (χ2v) is 5.16. The summed E-state index contributed by atoms with van der Waals surface area (Å²) in [6.45, 7) is 6.61. The largest absolute Gasteiger partial charge is 0.477 e. The van der Waals surface area contributed by atoms with Crippen LogP contribution in [-0.2, 0) is 11.3 Å². The van der Waals surface area contributed by atoms with Gasteiger partial charge in [-0.15, -0.1) is 11.3 Å². The Labute approximate surface area is 100 Å². The van der Waals surface area contributed by atoms with Gasteiger partial charge in [0.15, 0.2) is 0 Å². The first kappa shape index (κ1) is 13.2. The van der Waals surface area contributed by atoms with E-state index in [4.69, 9.17) is 9.84 Å². The van der Waals surface area contributed by atoms with Gasteiger partial charge >= 0.3 is 5.97 Å². The molecular formula is C12H18O3S. The van der Waals surface area contributed by atoms with Gasteiger partial charge in [-0.3, -0.25) is 0 Å². The molecule has 0 saturated carbocycles. The molecule has 0 aliphatic heterocycles. The van der Waals surface area contributed by atoms with Gasteiger partial charge in [-0.1, -0.05) is 13.3 Å². The lowest BCUT2D eigenvalue weighted by atomic mass is 10.2. The number of rotatable bonds is 6. The van der Waals surface area contributed by atoms with Crippen molar-refractivity contribution >= 4 is 17.3 Å². The first-order valence-electron chi connectivity index (χ1n) is 5.48. The molecule has 1 aromatic heterocycles. The number of hydrogen-bond acceptors (Lipinski definition) is 3. The molecule has 16 heavy (non-hydrogen) atoms. The first-order chi connectivity index (χ1) is 7.54. The van der Waals surface area contributed by atoms with E-state index in [1.807, 2.05) is 13.8 Å². The van der Waals surface area contributed by atoms with E-state index in [1.54, 1.807) is 6.07 Å². The average molecular weight is 242 g/mol. The van der Waals surface area contributed by atoms with Crippen LogP contribution in [0.25, 0.3) is 0 Å². The fourth-order valence-electron chi connectivity index (χ4n) is 1.49. The Balaban J connectivity index is 2.57. The molecule has 1 atom stereocenters. The maximum atomic E-state index is 10.8. The molecule has 1 rings (SSSR count). The molecule has 90 valence electrons. The molecule has 0 fully saturated rings. The normalized spacial score (nSPS) is 12.7. The molecular weight excluding hydrogens is 224 g/mol. The van der Waals surface area contributed by atoms with Gasteiger partial charge in [-0.25, -0.2) is 4.79 Å². The highest BCUT2D eigenvalue weighted by atomic mass is 32.1. The molecule has 1 N–H and O–H groups in total. The summed E-state index contributed by atoms with van der Waals surface area (Å²) >= 11 is 1.31. The molecule has 0 spiro atoms. The van der Waals surface area contributed by atoms with E-state index in [0.717, 1.165) is 23.3 Å². The molecule has 0 amide bonds. The Hall–Kier alpha value is -0.870. The van der Waals surface area contributed by atoms with E-state index >= 15 is 0 Å². The summed E-state index contributed by atoms with van der Waals surface area (Å²) in [7, 11) is 0. The Kier molecular flexibility index (Phi) is 4.96. The Morgan fingerprint density at radius 1 is 1.62 bits per heavy atom. The lowest BCUT2D eigenvalue weighted by Gasteiger charge is -2.11. The van der Waals surface area contributed by atoms with Gasteiger partial charge in [0.25, 0.3) is 0 Å². The standard InChI is InChI=1S/C12H18O3S/c1-4-5-8(2)15-7-10-6-11(12(13)14)16-9(10)3/h6,8H,4-5,7H2,1-3H3,(H,13,14). The summed E-state index contributed by atoms with van der Waals surface area (Å²) in [6.07, 6.45) is 2.37. The zero-order valence-corrected chi connectivity index (χ0v) is 10.8. The quantitative estimate of drug-likeness (QED) is 0.831. The summed E-state index contributed by atoms with van der Waals surface area (Å²) in [5, 5.41) is 8.85. The summed E-state index contributed by atoms with van der Waals surface area (Å²) < 4.78 is 5.66. The number of thiophene rings is 1. The number of aryl methyl sites for hydroxylation is 1. The molecule has 0 aliphatic rings. The lowest BCUT2D eigenvalue weighted by Crippen LogP contribution is -2.07.